The van der Waals surface area contributed by atoms with Crippen LogP contribution in [0.1, 0.15) is 13.3 Å². The van der Waals surface area contributed by atoms with Crippen LogP contribution in [0.25, 0.3) is 0 Å². The average molecular weight is 204 g/mol. The Morgan fingerprint density at radius 2 is 2.23 bits per heavy atom. The van der Waals surface area contributed by atoms with Crippen LogP contribution in [0, 0.1) is 5.82 Å². The Labute approximate surface area is 81.4 Å². The van der Waals surface area contributed by atoms with Crippen LogP contribution < -0.4 is 10.5 Å². The molecule has 1 rings (SSSR count). The Morgan fingerprint density at radius 3 is 2.85 bits per heavy atom. The van der Waals surface area contributed by atoms with Crippen LogP contribution in [-0.4, -0.2) is 6.61 Å². The molecule has 72 valence electrons. The lowest BCUT2D eigenvalue weighted by Crippen LogP contribution is -1.99. The van der Waals surface area contributed by atoms with E-state index >= 15 is 0 Å². The number of anilines is 1. The number of nitrogens with two attached hydrogens (primary N) is 1. The summed E-state index contributed by atoms with van der Waals surface area (Å²) >= 11 is 5.51. The van der Waals surface area contributed by atoms with Crippen molar-refractivity contribution >= 4 is 17.3 Å². The highest BCUT2D eigenvalue weighted by Crippen LogP contribution is 2.27. The zero-order valence-electron chi connectivity index (χ0n) is 7.31. The molecule has 0 atom stereocenters. The molecule has 0 fully saturated rings. The first-order valence-electron chi connectivity index (χ1n) is 4.02. The molecular formula is C9H11ClFNO. The Hall–Kier alpha value is -0.960. The van der Waals surface area contributed by atoms with E-state index in [1.165, 1.54) is 12.1 Å². The number of hydrogen-bond donors (Lipinski definition) is 1. The highest BCUT2D eigenvalue weighted by atomic mass is 35.5. The average Bonchev–Trinajstić information content (AvgIpc) is 2.09. The number of nitrogen functional groups attached to an aromatic ring is 1. The summed E-state index contributed by atoms with van der Waals surface area (Å²) in [6.07, 6.45) is 0.851. The van der Waals surface area contributed by atoms with E-state index in [0.717, 1.165) is 6.42 Å². The van der Waals surface area contributed by atoms with Gasteiger partial charge in [-0.05, 0) is 12.5 Å². The predicted octanol–water partition coefficient (Wildman–Crippen LogP) is 2.85. The lowest BCUT2D eigenvalue weighted by atomic mass is 10.3. The standard InChI is InChI=1S/C9H11ClFNO/c1-2-3-13-9-5-7(11)6(10)4-8(9)12/h4-5H,2-3,12H2,1H3. The SMILES string of the molecule is CCCOc1cc(F)c(Cl)cc1N. The third kappa shape index (κ3) is 2.49. The molecule has 0 saturated heterocycles. The van der Waals surface area contributed by atoms with Crippen LogP contribution in [0.15, 0.2) is 12.1 Å². The first kappa shape index (κ1) is 10.1. The number of hydrogen-bond acceptors (Lipinski definition) is 2. The minimum atomic E-state index is -0.512. The molecule has 0 bridgehead atoms. The van der Waals surface area contributed by atoms with Gasteiger partial charge in [0.25, 0.3) is 0 Å². The molecule has 4 heteroatoms. The minimum absolute atomic E-state index is 0.0151. The van der Waals surface area contributed by atoms with Crippen molar-refractivity contribution in [1.29, 1.82) is 0 Å². The van der Waals surface area contributed by atoms with Gasteiger partial charge in [-0.25, -0.2) is 4.39 Å². The van der Waals surface area contributed by atoms with Crippen molar-refractivity contribution in [3.8, 4) is 5.75 Å². The summed E-state index contributed by atoms with van der Waals surface area (Å²) in [6, 6.07) is 2.55. The highest BCUT2D eigenvalue weighted by molar-refractivity contribution is 6.31. The van der Waals surface area contributed by atoms with Crippen LogP contribution in [0.4, 0.5) is 10.1 Å². The quantitative estimate of drug-likeness (QED) is 0.767. The summed E-state index contributed by atoms with van der Waals surface area (Å²) in [4.78, 5) is 0. The smallest absolute Gasteiger partial charge is 0.145 e. The monoisotopic (exact) mass is 203 g/mol. The summed E-state index contributed by atoms with van der Waals surface area (Å²) in [6.45, 7) is 2.48. The van der Waals surface area contributed by atoms with Gasteiger partial charge in [0.05, 0.1) is 17.3 Å². The number of halogens is 2. The largest absolute Gasteiger partial charge is 0.491 e. The summed E-state index contributed by atoms with van der Waals surface area (Å²) < 4.78 is 18.1. The summed E-state index contributed by atoms with van der Waals surface area (Å²) in [5.74, 6) is -0.161. The fourth-order valence-corrected chi connectivity index (χ4v) is 1.05. The maximum absolute atomic E-state index is 12.9. The molecule has 13 heavy (non-hydrogen) atoms. The van der Waals surface area contributed by atoms with E-state index in [1.54, 1.807) is 0 Å². The van der Waals surface area contributed by atoms with Crippen LogP contribution in [0.2, 0.25) is 5.02 Å². The topological polar surface area (TPSA) is 35.2 Å². The van der Waals surface area contributed by atoms with E-state index in [0.29, 0.717) is 18.0 Å². The first-order valence-corrected chi connectivity index (χ1v) is 4.40. The van der Waals surface area contributed by atoms with E-state index in [1.807, 2.05) is 6.92 Å². The Morgan fingerprint density at radius 1 is 1.54 bits per heavy atom. The molecule has 0 aliphatic rings. The normalized spacial score (nSPS) is 10.1. The lowest BCUT2D eigenvalue weighted by Gasteiger charge is -2.08. The van der Waals surface area contributed by atoms with Gasteiger partial charge in [0.1, 0.15) is 11.6 Å². The van der Waals surface area contributed by atoms with Gasteiger partial charge < -0.3 is 10.5 Å². The summed E-state index contributed by atoms with van der Waals surface area (Å²) in [7, 11) is 0. The number of ether oxygens (including phenoxy) is 1. The van der Waals surface area contributed by atoms with Gasteiger partial charge in [0, 0.05) is 6.07 Å². The van der Waals surface area contributed by atoms with Crippen molar-refractivity contribution in [2.45, 2.75) is 13.3 Å². The molecule has 2 nitrogen and oxygen atoms in total. The maximum Gasteiger partial charge on any atom is 0.145 e. The van der Waals surface area contributed by atoms with Crippen molar-refractivity contribution in [3.05, 3.63) is 23.0 Å². The van der Waals surface area contributed by atoms with Crippen LogP contribution in [-0.2, 0) is 0 Å². The van der Waals surface area contributed by atoms with Crippen molar-refractivity contribution in [2.24, 2.45) is 0 Å². The van der Waals surface area contributed by atoms with Gasteiger partial charge in [-0.15, -0.1) is 0 Å². The van der Waals surface area contributed by atoms with E-state index in [4.69, 9.17) is 22.1 Å². The molecule has 0 aromatic heterocycles. The maximum atomic E-state index is 12.9. The molecule has 0 aliphatic carbocycles. The third-order valence-electron chi connectivity index (χ3n) is 1.51. The van der Waals surface area contributed by atoms with Crippen LogP contribution >= 0.6 is 11.6 Å². The van der Waals surface area contributed by atoms with E-state index in [9.17, 15) is 4.39 Å². The molecule has 0 aliphatic heterocycles. The zero-order chi connectivity index (χ0) is 9.84. The van der Waals surface area contributed by atoms with E-state index < -0.39 is 5.82 Å². The number of benzene rings is 1. The summed E-state index contributed by atoms with van der Waals surface area (Å²) in [5.41, 5.74) is 5.92. The first-order chi connectivity index (χ1) is 6.15. The van der Waals surface area contributed by atoms with Crippen LogP contribution in [0.5, 0.6) is 5.75 Å². The molecule has 0 radical (unpaired) electrons. The second-order valence-corrected chi connectivity index (χ2v) is 3.06. The van der Waals surface area contributed by atoms with Gasteiger partial charge in [-0.2, -0.15) is 0 Å². The van der Waals surface area contributed by atoms with Gasteiger partial charge in [0.2, 0.25) is 0 Å². The Kier molecular flexibility index (Phi) is 3.37. The third-order valence-corrected chi connectivity index (χ3v) is 1.80. The van der Waals surface area contributed by atoms with Crippen molar-refractivity contribution in [3.63, 3.8) is 0 Å². The van der Waals surface area contributed by atoms with Gasteiger partial charge in [0.15, 0.2) is 0 Å². The van der Waals surface area contributed by atoms with Crippen molar-refractivity contribution < 1.29 is 9.13 Å². The second-order valence-electron chi connectivity index (χ2n) is 2.65. The predicted molar refractivity (Wildman–Crippen MR) is 51.6 cm³/mol. The van der Waals surface area contributed by atoms with E-state index in [-0.39, 0.29) is 5.02 Å². The van der Waals surface area contributed by atoms with Gasteiger partial charge in [-0.3, -0.25) is 0 Å². The Bertz CT molecular complexity index is 304. The molecule has 0 heterocycles. The minimum Gasteiger partial charge on any atom is -0.491 e. The lowest BCUT2D eigenvalue weighted by molar-refractivity contribution is 0.317. The van der Waals surface area contributed by atoms with Gasteiger partial charge in [-0.1, -0.05) is 18.5 Å². The molecule has 1 aromatic rings. The summed E-state index contributed by atoms with van der Waals surface area (Å²) in [5, 5.41) is 0.0151. The molecule has 2 N–H and O–H groups in total. The molecule has 0 unspecified atom stereocenters. The van der Waals surface area contributed by atoms with E-state index in [2.05, 4.69) is 0 Å². The molecule has 0 amide bonds. The molecule has 0 spiro atoms. The number of rotatable bonds is 3. The zero-order valence-corrected chi connectivity index (χ0v) is 8.07. The highest BCUT2D eigenvalue weighted by Gasteiger charge is 2.06. The second kappa shape index (κ2) is 4.33. The van der Waals surface area contributed by atoms with Crippen LogP contribution in [0.3, 0.4) is 0 Å². The van der Waals surface area contributed by atoms with Crippen molar-refractivity contribution in [2.75, 3.05) is 12.3 Å². The fourth-order valence-electron chi connectivity index (χ4n) is 0.881. The fraction of sp³-hybridized carbons (Fsp3) is 0.333. The molecular weight excluding hydrogens is 193 g/mol. The Balaban J connectivity index is 2.88. The molecule has 1 aromatic carbocycles. The van der Waals surface area contributed by atoms with Crippen molar-refractivity contribution in [1.82, 2.24) is 0 Å². The molecule has 0 saturated carbocycles. The van der Waals surface area contributed by atoms with Gasteiger partial charge >= 0.3 is 0 Å².